The van der Waals surface area contributed by atoms with Crippen LogP contribution in [0.1, 0.15) is 12.6 Å². The van der Waals surface area contributed by atoms with Gasteiger partial charge in [0.1, 0.15) is 5.01 Å². The zero-order valence-corrected chi connectivity index (χ0v) is 13.4. The Hall–Kier alpha value is -0.950. The summed E-state index contributed by atoms with van der Waals surface area (Å²) in [6.07, 6.45) is 0.299. The van der Waals surface area contributed by atoms with Crippen molar-refractivity contribution in [3.8, 4) is 9.88 Å². The van der Waals surface area contributed by atoms with Crippen molar-refractivity contribution in [3.63, 3.8) is 0 Å². The third kappa shape index (κ3) is 4.28. The molecule has 2 heterocycles. The van der Waals surface area contributed by atoms with E-state index in [0.717, 1.165) is 19.9 Å². The van der Waals surface area contributed by atoms with Crippen molar-refractivity contribution in [2.75, 3.05) is 13.1 Å². The molecule has 2 aromatic heterocycles. The summed E-state index contributed by atoms with van der Waals surface area (Å²) in [5.41, 5.74) is 6.29. The topological polar surface area (TPSA) is 68.0 Å². The maximum atomic E-state index is 11.8. The van der Waals surface area contributed by atoms with E-state index in [9.17, 15) is 4.79 Å². The van der Waals surface area contributed by atoms with Crippen LogP contribution in [0.4, 0.5) is 0 Å². The molecule has 0 aliphatic carbocycles. The Morgan fingerprint density at radius 1 is 1.55 bits per heavy atom. The van der Waals surface area contributed by atoms with Crippen LogP contribution in [-0.2, 0) is 11.2 Å². The molecule has 0 radical (unpaired) electrons. The van der Waals surface area contributed by atoms with Gasteiger partial charge in [-0.3, -0.25) is 4.79 Å². The Bertz CT molecular complexity index is 582. The first-order valence-electron chi connectivity index (χ1n) is 6.25. The Balaban J connectivity index is 1.91. The van der Waals surface area contributed by atoms with E-state index < -0.39 is 0 Å². The third-order valence-corrected chi connectivity index (χ3v) is 5.02. The lowest BCUT2D eigenvalue weighted by Gasteiger charge is -2.09. The van der Waals surface area contributed by atoms with E-state index in [4.69, 9.17) is 17.3 Å². The minimum absolute atomic E-state index is 0.0219. The highest BCUT2D eigenvalue weighted by molar-refractivity contribution is 7.23. The normalized spacial score (nSPS) is 12.3. The number of amides is 1. The molecule has 4 nitrogen and oxygen atoms in total. The highest BCUT2D eigenvalue weighted by Gasteiger charge is 2.11. The summed E-state index contributed by atoms with van der Waals surface area (Å²) in [7, 11) is 0. The second-order valence-corrected chi connectivity index (χ2v) is 7.14. The lowest BCUT2D eigenvalue weighted by Crippen LogP contribution is -2.32. The van der Waals surface area contributed by atoms with Gasteiger partial charge < -0.3 is 11.1 Å². The number of hydrogen-bond acceptors (Lipinski definition) is 5. The molecule has 0 aliphatic rings. The predicted octanol–water partition coefficient (Wildman–Crippen LogP) is 2.78. The average molecular weight is 330 g/mol. The van der Waals surface area contributed by atoms with Crippen LogP contribution in [0.5, 0.6) is 0 Å². The summed E-state index contributed by atoms with van der Waals surface area (Å²) < 4.78 is 0.741. The summed E-state index contributed by atoms with van der Waals surface area (Å²) >= 11 is 8.92. The molecule has 0 aromatic carbocycles. The van der Waals surface area contributed by atoms with Gasteiger partial charge in [0.15, 0.2) is 0 Å². The van der Waals surface area contributed by atoms with Crippen molar-refractivity contribution in [2.24, 2.45) is 11.7 Å². The van der Waals surface area contributed by atoms with E-state index in [1.165, 1.54) is 22.7 Å². The Kier molecular flexibility index (Phi) is 5.54. The molecule has 1 amide bonds. The van der Waals surface area contributed by atoms with E-state index in [2.05, 4.69) is 10.3 Å². The van der Waals surface area contributed by atoms with Crippen molar-refractivity contribution in [1.82, 2.24) is 10.3 Å². The summed E-state index contributed by atoms with van der Waals surface area (Å²) in [6.45, 7) is 3.18. The number of carbonyl (C=O) groups excluding carboxylic acids is 1. The van der Waals surface area contributed by atoms with Gasteiger partial charge in [0.05, 0.1) is 21.3 Å². The van der Waals surface area contributed by atoms with Gasteiger partial charge >= 0.3 is 0 Å². The van der Waals surface area contributed by atoms with Gasteiger partial charge in [0.2, 0.25) is 5.91 Å². The molecule has 7 heteroatoms. The van der Waals surface area contributed by atoms with Gasteiger partial charge in [-0.1, -0.05) is 18.5 Å². The lowest BCUT2D eigenvalue weighted by molar-refractivity contribution is -0.120. The van der Waals surface area contributed by atoms with Crippen LogP contribution in [-0.4, -0.2) is 24.0 Å². The number of nitrogens with zero attached hydrogens (tertiary/aromatic N) is 1. The number of nitrogens with one attached hydrogen (secondary N) is 1. The van der Waals surface area contributed by atoms with Gasteiger partial charge in [-0.2, -0.15) is 0 Å². The summed E-state index contributed by atoms with van der Waals surface area (Å²) in [5.74, 6) is 0.268. The van der Waals surface area contributed by atoms with Crippen LogP contribution in [0, 0.1) is 5.92 Å². The Labute approximate surface area is 131 Å². The SMILES string of the molecule is CC(CN)CNC(=O)Cc1csc(-c2ccc(Cl)s2)n1. The van der Waals surface area contributed by atoms with E-state index >= 15 is 0 Å². The number of thiophene rings is 1. The van der Waals surface area contributed by atoms with Crippen LogP contribution < -0.4 is 11.1 Å². The van der Waals surface area contributed by atoms with Crippen molar-refractivity contribution in [3.05, 3.63) is 27.5 Å². The fraction of sp³-hybridized carbons (Fsp3) is 0.385. The molecule has 3 N–H and O–H groups in total. The van der Waals surface area contributed by atoms with Crippen LogP contribution in [0.3, 0.4) is 0 Å². The van der Waals surface area contributed by atoms with Crippen molar-refractivity contribution < 1.29 is 4.79 Å². The number of carbonyl (C=O) groups is 1. The number of nitrogens with two attached hydrogens (primary N) is 1. The highest BCUT2D eigenvalue weighted by Crippen LogP contribution is 2.32. The maximum absolute atomic E-state index is 11.8. The first-order valence-corrected chi connectivity index (χ1v) is 8.32. The molecule has 2 rings (SSSR count). The minimum atomic E-state index is -0.0219. The van der Waals surface area contributed by atoms with Crippen molar-refractivity contribution in [2.45, 2.75) is 13.3 Å². The van der Waals surface area contributed by atoms with Gasteiger partial charge in [-0.05, 0) is 24.6 Å². The summed E-state index contributed by atoms with van der Waals surface area (Å²) in [6, 6.07) is 3.79. The van der Waals surface area contributed by atoms with Crippen LogP contribution >= 0.6 is 34.3 Å². The third-order valence-electron chi connectivity index (χ3n) is 2.73. The largest absolute Gasteiger partial charge is 0.355 e. The van der Waals surface area contributed by atoms with Crippen molar-refractivity contribution in [1.29, 1.82) is 0 Å². The van der Waals surface area contributed by atoms with E-state index in [0.29, 0.717) is 25.4 Å². The molecular formula is C13H16ClN3OS2. The fourth-order valence-corrected chi connectivity index (χ4v) is 3.46. The zero-order chi connectivity index (χ0) is 14.5. The Morgan fingerprint density at radius 3 is 3.00 bits per heavy atom. The first-order chi connectivity index (χ1) is 9.58. The molecule has 1 atom stereocenters. The van der Waals surface area contributed by atoms with Gasteiger partial charge in [-0.25, -0.2) is 4.98 Å². The lowest BCUT2D eigenvalue weighted by atomic mass is 10.2. The Morgan fingerprint density at radius 2 is 2.35 bits per heavy atom. The maximum Gasteiger partial charge on any atom is 0.226 e. The second-order valence-electron chi connectivity index (χ2n) is 4.57. The van der Waals surface area contributed by atoms with Crippen LogP contribution in [0.15, 0.2) is 17.5 Å². The van der Waals surface area contributed by atoms with Gasteiger partial charge in [-0.15, -0.1) is 22.7 Å². The summed E-state index contributed by atoms with van der Waals surface area (Å²) in [5, 5.41) is 5.68. The molecule has 20 heavy (non-hydrogen) atoms. The minimum Gasteiger partial charge on any atom is -0.355 e. The highest BCUT2D eigenvalue weighted by atomic mass is 35.5. The van der Waals surface area contributed by atoms with Crippen LogP contribution in [0.25, 0.3) is 9.88 Å². The monoisotopic (exact) mass is 329 g/mol. The molecule has 0 saturated carbocycles. The molecule has 0 aliphatic heterocycles. The van der Waals surface area contributed by atoms with E-state index in [-0.39, 0.29) is 5.91 Å². The molecule has 0 fully saturated rings. The number of hydrogen-bond donors (Lipinski definition) is 2. The predicted molar refractivity (Wildman–Crippen MR) is 85.4 cm³/mol. The average Bonchev–Trinajstić information content (AvgIpc) is 3.05. The van der Waals surface area contributed by atoms with Gasteiger partial charge in [0.25, 0.3) is 0 Å². The molecule has 0 bridgehead atoms. The summed E-state index contributed by atoms with van der Waals surface area (Å²) in [4.78, 5) is 17.3. The van der Waals surface area contributed by atoms with E-state index in [1.807, 2.05) is 24.4 Å². The van der Waals surface area contributed by atoms with Crippen molar-refractivity contribution >= 4 is 40.2 Å². The van der Waals surface area contributed by atoms with Crippen LogP contribution in [0.2, 0.25) is 4.34 Å². The number of halogens is 1. The zero-order valence-electron chi connectivity index (χ0n) is 11.1. The molecular weight excluding hydrogens is 314 g/mol. The van der Waals surface area contributed by atoms with E-state index in [1.54, 1.807) is 0 Å². The smallest absolute Gasteiger partial charge is 0.226 e. The molecule has 2 aromatic rings. The molecule has 108 valence electrons. The molecule has 0 spiro atoms. The first kappa shape index (κ1) is 15.4. The number of aromatic nitrogens is 1. The molecule has 1 unspecified atom stereocenters. The standard InChI is InChI=1S/C13H16ClN3OS2/c1-8(5-15)6-16-12(18)4-9-7-19-13(17-9)10-2-3-11(14)20-10/h2-3,7-8H,4-6,15H2,1H3,(H,16,18). The quantitative estimate of drug-likeness (QED) is 0.856. The fourth-order valence-electron chi connectivity index (χ4n) is 1.53. The molecule has 0 saturated heterocycles. The number of rotatable bonds is 6. The van der Waals surface area contributed by atoms with Gasteiger partial charge in [0, 0.05) is 11.9 Å². The second kappa shape index (κ2) is 7.17. The number of thiazole rings is 1.